The molecule has 1 nitrogen and oxygen atoms in total. The number of rotatable bonds is 2. The van der Waals surface area contributed by atoms with Crippen molar-refractivity contribution in [1.82, 2.24) is 5.32 Å². The summed E-state index contributed by atoms with van der Waals surface area (Å²) in [5, 5.41) is 3.34. The average molecular weight is 213 g/mol. The number of allylic oxidation sites excluding steroid dienone is 1. The van der Waals surface area contributed by atoms with Crippen LogP contribution in [0, 0.1) is 6.92 Å². The van der Waals surface area contributed by atoms with E-state index in [9.17, 15) is 0 Å². The fourth-order valence-electron chi connectivity index (χ4n) is 2.23. The van der Waals surface area contributed by atoms with Crippen LogP contribution in [-0.2, 0) is 0 Å². The van der Waals surface area contributed by atoms with E-state index in [2.05, 4.69) is 50.0 Å². The quantitative estimate of drug-likeness (QED) is 0.794. The molecule has 0 aromatic heterocycles. The summed E-state index contributed by atoms with van der Waals surface area (Å²) in [7, 11) is 0. The van der Waals surface area contributed by atoms with Crippen LogP contribution >= 0.6 is 0 Å². The molecular weight excluding hydrogens is 194 g/mol. The maximum atomic E-state index is 4.00. The first-order valence-electron chi connectivity index (χ1n) is 5.85. The van der Waals surface area contributed by atoms with Crippen LogP contribution in [0.2, 0.25) is 0 Å². The monoisotopic (exact) mass is 213 g/mol. The molecule has 0 atom stereocenters. The minimum absolute atomic E-state index is 0.997. The number of benzene rings is 1. The van der Waals surface area contributed by atoms with Gasteiger partial charge in [-0.25, -0.2) is 0 Å². The van der Waals surface area contributed by atoms with E-state index in [4.69, 9.17) is 0 Å². The van der Waals surface area contributed by atoms with Crippen LogP contribution in [0.15, 0.2) is 30.9 Å². The van der Waals surface area contributed by atoms with E-state index in [1.165, 1.54) is 22.3 Å². The Bertz CT molecular complexity index is 441. The van der Waals surface area contributed by atoms with Gasteiger partial charge >= 0.3 is 0 Å². The molecule has 16 heavy (non-hydrogen) atoms. The third kappa shape index (κ3) is 2.25. The molecule has 0 spiro atoms. The first kappa shape index (κ1) is 11.2. The predicted octanol–water partition coefficient (Wildman–Crippen LogP) is 3.40. The van der Waals surface area contributed by atoms with Gasteiger partial charge in [0, 0.05) is 6.54 Å². The van der Waals surface area contributed by atoms with Gasteiger partial charge in [-0.2, -0.15) is 0 Å². The molecule has 84 valence electrons. The topological polar surface area (TPSA) is 12.0 Å². The normalized spacial score (nSPS) is 15.8. The molecule has 1 aliphatic rings. The minimum Gasteiger partial charge on any atom is -0.313 e. The molecule has 0 bridgehead atoms. The molecule has 1 aromatic carbocycles. The fraction of sp³-hybridized carbons (Fsp3) is 0.333. The number of aryl methyl sites for hydroxylation is 1. The summed E-state index contributed by atoms with van der Waals surface area (Å²) >= 11 is 0. The van der Waals surface area contributed by atoms with Crippen molar-refractivity contribution in [3.63, 3.8) is 0 Å². The Labute approximate surface area is 97.9 Å². The highest BCUT2D eigenvalue weighted by molar-refractivity contribution is 5.71. The SMILES string of the molecule is C=C(C)c1ccc(C2=CCNCC2)cc1C. The number of hydrogen-bond donors (Lipinski definition) is 1. The van der Waals surface area contributed by atoms with E-state index in [-0.39, 0.29) is 0 Å². The van der Waals surface area contributed by atoms with Gasteiger partial charge in [-0.15, -0.1) is 0 Å². The highest BCUT2D eigenvalue weighted by Gasteiger charge is 2.07. The lowest BCUT2D eigenvalue weighted by atomic mass is 9.94. The lowest BCUT2D eigenvalue weighted by Crippen LogP contribution is -2.20. The molecule has 1 heteroatoms. The third-order valence-electron chi connectivity index (χ3n) is 3.12. The summed E-state index contributed by atoms with van der Waals surface area (Å²) in [5.41, 5.74) is 6.57. The fourth-order valence-corrected chi connectivity index (χ4v) is 2.23. The van der Waals surface area contributed by atoms with E-state index < -0.39 is 0 Å². The summed E-state index contributed by atoms with van der Waals surface area (Å²) in [5.74, 6) is 0. The van der Waals surface area contributed by atoms with Crippen molar-refractivity contribution in [3.05, 3.63) is 47.5 Å². The Morgan fingerprint density at radius 1 is 1.38 bits per heavy atom. The van der Waals surface area contributed by atoms with Gasteiger partial charge in [-0.3, -0.25) is 0 Å². The Morgan fingerprint density at radius 2 is 2.19 bits per heavy atom. The van der Waals surface area contributed by atoms with Crippen LogP contribution < -0.4 is 5.32 Å². The Hall–Kier alpha value is -1.34. The summed E-state index contributed by atoms with van der Waals surface area (Å²) in [6.07, 6.45) is 3.42. The van der Waals surface area contributed by atoms with E-state index >= 15 is 0 Å². The van der Waals surface area contributed by atoms with Crippen molar-refractivity contribution in [1.29, 1.82) is 0 Å². The van der Waals surface area contributed by atoms with E-state index in [1.54, 1.807) is 0 Å². The van der Waals surface area contributed by atoms with Gasteiger partial charge in [0.05, 0.1) is 0 Å². The zero-order chi connectivity index (χ0) is 11.5. The van der Waals surface area contributed by atoms with Crippen molar-refractivity contribution < 1.29 is 0 Å². The van der Waals surface area contributed by atoms with Gasteiger partial charge in [0.1, 0.15) is 0 Å². The van der Waals surface area contributed by atoms with Crippen molar-refractivity contribution in [2.45, 2.75) is 20.3 Å². The zero-order valence-corrected chi connectivity index (χ0v) is 10.1. The number of hydrogen-bond acceptors (Lipinski definition) is 1. The lowest BCUT2D eigenvalue weighted by Gasteiger charge is -2.16. The molecule has 1 aliphatic heterocycles. The second-order valence-corrected chi connectivity index (χ2v) is 4.49. The molecule has 1 N–H and O–H groups in total. The molecule has 0 fully saturated rings. The van der Waals surface area contributed by atoms with Crippen LogP contribution in [0.5, 0.6) is 0 Å². The molecule has 1 heterocycles. The van der Waals surface area contributed by atoms with Gasteiger partial charge in [0.15, 0.2) is 0 Å². The lowest BCUT2D eigenvalue weighted by molar-refractivity contribution is 0.738. The van der Waals surface area contributed by atoms with Crippen LogP contribution in [-0.4, -0.2) is 13.1 Å². The second kappa shape index (κ2) is 4.67. The van der Waals surface area contributed by atoms with E-state index in [1.807, 2.05) is 0 Å². The van der Waals surface area contributed by atoms with Crippen molar-refractivity contribution >= 4 is 11.1 Å². The second-order valence-electron chi connectivity index (χ2n) is 4.49. The molecule has 1 aromatic rings. The average Bonchev–Trinajstić information content (AvgIpc) is 2.29. The maximum Gasteiger partial charge on any atom is 0.0140 e. The van der Waals surface area contributed by atoms with Gasteiger partial charge in [0.25, 0.3) is 0 Å². The largest absolute Gasteiger partial charge is 0.313 e. The number of nitrogens with one attached hydrogen (secondary N) is 1. The molecule has 2 rings (SSSR count). The molecule has 0 amide bonds. The minimum atomic E-state index is 0.997. The Kier molecular flexibility index (Phi) is 3.25. The van der Waals surface area contributed by atoms with Crippen molar-refractivity contribution in [2.24, 2.45) is 0 Å². The Morgan fingerprint density at radius 3 is 2.75 bits per heavy atom. The molecular formula is C15H19N. The standard InChI is InChI=1S/C15H19N/c1-11(2)15-5-4-14(10-12(15)3)13-6-8-16-9-7-13/h4-6,10,16H,1,7-9H2,2-3H3. The molecule has 0 saturated heterocycles. The summed E-state index contributed by atoms with van der Waals surface area (Å²) < 4.78 is 0. The maximum absolute atomic E-state index is 4.00. The van der Waals surface area contributed by atoms with Crippen molar-refractivity contribution in [2.75, 3.05) is 13.1 Å². The van der Waals surface area contributed by atoms with Crippen LogP contribution in [0.1, 0.15) is 30.0 Å². The predicted molar refractivity (Wildman–Crippen MR) is 71.4 cm³/mol. The summed E-state index contributed by atoms with van der Waals surface area (Å²) in [6, 6.07) is 6.69. The zero-order valence-electron chi connectivity index (χ0n) is 10.1. The molecule has 0 unspecified atom stereocenters. The molecule has 0 saturated carbocycles. The van der Waals surface area contributed by atoms with Gasteiger partial charge < -0.3 is 5.32 Å². The summed E-state index contributed by atoms with van der Waals surface area (Å²) in [6.45, 7) is 10.3. The van der Waals surface area contributed by atoms with E-state index in [0.717, 1.165) is 25.1 Å². The summed E-state index contributed by atoms with van der Waals surface area (Å²) in [4.78, 5) is 0. The first-order valence-corrected chi connectivity index (χ1v) is 5.85. The van der Waals surface area contributed by atoms with Crippen LogP contribution in [0.3, 0.4) is 0 Å². The van der Waals surface area contributed by atoms with E-state index in [0.29, 0.717) is 0 Å². The van der Waals surface area contributed by atoms with Crippen LogP contribution in [0.25, 0.3) is 11.1 Å². The molecule has 0 aliphatic carbocycles. The third-order valence-corrected chi connectivity index (χ3v) is 3.12. The first-order chi connectivity index (χ1) is 7.68. The van der Waals surface area contributed by atoms with Crippen LogP contribution in [0.4, 0.5) is 0 Å². The highest BCUT2D eigenvalue weighted by Crippen LogP contribution is 2.24. The van der Waals surface area contributed by atoms with Crippen molar-refractivity contribution in [3.8, 4) is 0 Å². The van der Waals surface area contributed by atoms with Gasteiger partial charge in [0.2, 0.25) is 0 Å². The smallest absolute Gasteiger partial charge is 0.0140 e. The van der Waals surface area contributed by atoms with Gasteiger partial charge in [-0.1, -0.05) is 36.4 Å². The molecule has 0 radical (unpaired) electrons. The van der Waals surface area contributed by atoms with Gasteiger partial charge in [-0.05, 0) is 49.1 Å². The highest BCUT2D eigenvalue weighted by atomic mass is 14.8. The Balaban J connectivity index is 2.33.